The summed E-state index contributed by atoms with van der Waals surface area (Å²) in [4.78, 5) is 12.8. The number of hydrogen-bond acceptors (Lipinski definition) is 3. The minimum absolute atomic E-state index is 0.0636. The molecule has 142 valence electrons. The van der Waals surface area contributed by atoms with E-state index in [4.69, 9.17) is 22.8 Å². The minimum atomic E-state index is -0.534. The van der Waals surface area contributed by atoms with Crippen molar-refractivity contribution in [3.05, 3.63) is 76.3 Å². The monoisotopic (exact) mass is 400 g/mol. The van der Waals surface area contributed by atoms with Crippen molar-refractivity contribution in [1.29, 1.82) is 5.26 Å². The highest BCUT2D eigenvalue weighted by Gasteiger charge is 2.14. The number of halogens is 1. The molecule has 5 heteroatoms. The number of benzene rings is 3. The van der Waals surface area contributed by atoms with Crippen molar-refractivity contribution in [3.63, 3.8) is 0 Å². The summed E-state index contributed by atoms with van der Waals surface area (Å²) in [6, 6.07) is 18.5. The standard InChI is InChI=1S/C24H17ClN2O2/c1-3-12-29-23-11-9-17-6-4-5-7-20(17)21(23)13-18(15-26)24(28)27-22-14-19(25)10-8-16(22)2/h1,4-11,13-14H,12H2,2H3,(H,27,28)/b18-13+. The lowest BCUT2D eigenvalue weighted by molar-refractivity contribution is -0.112. The van der Waals surface area contributed by atoms with Gasteiger partial charge in [-0.2, -0.15) is 5.26 Å². The first kappa shape index (κ1) is 20.0. The maximum absolute atomic E-state index is 12.8. The number of carbonyl (C=O) groups excluding carboxylic acids is 1. The van der Waals surface area contributed by atoms with E-state index in [0.29, 0.717) is 22.0 Å². The first-order valence-electron chi connectivity index (χ1n) is 8.81. The molecule has 0 heterocycles. The van der Waals surface area contributed by atoms with Gasteiger partial charge in [-0.25, -0.2) is 0 Å². The van der Waals surface area contributed by atoms with E-state index >= 15 is 0 Å². The van der Waals surface area contributed by atoms with Gasteiger partial charge in [0.15, 0.2) is 0 Å². The Morgan fingerprint density at radius 2 is 2.03 bits per heavy atom. The highest BCUT2D eigenvalue weighted by Crippen LogP contribution is 2.30. The van der Waals surface area contributed by atoms with Crippen molar-refractivity contribution in [2.45, 2.75) is 6.92 Å². The van der Waals surface area contributed by atoms with Crippen LogP contribution in [0.1, 0.15) is 11.1 Å². The molecular formula is C24H17ClN2O2. The van der Waals surface area contributed by atoms with E-state index in [0.717, 1.165) is 16.3 Å². The van der Waals surface area contributed by atoms with Gasteiger partial charge in [-0.3, -0.25) is 4.79 Å². The normalized spacial score (nSPS) is 10.8. The number of nitrogens with one attached hydrogen (secondary N) is 1. The largest absolute Gasteiger partial charge is 0.480 e. The molecule has 0 atom stereocenters. The minimum Gasteiger partial charge on any atom is -0.480 e. The molecular weight excluding hydrogens is 384 g/mol. The molecule has 1 amide bonds. The Morgan fingerprint density at radius 3 is 2.79 bits per heavy atom. The lowest BCUT2D eigenvalue weighted by atomic mass is 10.0. The Morgan fingerprint density at radius 1 is 1.24 bits per heavy atom. The van der Waals surface area contributed by atoms with Crippen molar-refractivity contribution < 1.29 is 9.53 Å². The summed E-state index contributed by atoms with van der Waals surface area (Å²) in [6.07, 6.45) is 6.83. The van der Waals surface area contributed by atoms with Crippen LogP contribution in [0.4, 0.5) is 5.69 Å². The lowest BCUT2D eigenvalue weighted by Gasteiger charge is -2.12. The number of fused-ring (bicyclic) bond motifs is 1. The fraction of sp³-hybridized carbons (Fsp3) is 0.0833. The average Bonchev–Trinajstić information content (AvgIpc) is 2.73. The van der Waals surface area contributed by atoms with E-state index < -0.39 is 5.91 Å². The number of rotatable bonds is 5. The Hall–Kier alpha value is -3.73. The highest BCUT2D eigenvalue weighted by atomic mass is 35.5. The van der Waals surface area contributed by atoms with Crippen molar-refractivity contribution >= 4 is 40.0 Å². The van der Waals surface area contributed by atoms with Crippen LogP contribution in [0.2, 0.25) is 5.02 Å². The summed E-state index contributed by atoms with van der Waals surface area (Å²) in [7, 11) is 0. The van der Waals surface area contributed by atoms with Crippen LogP contribution in [0.15, 0.2) is 60.2 Å². The zero-order valence-electron chi connectivity index (χ0n) is 15.7. The lowest BCUT2D eigenvalue weighted by Crippen LogP contribution is -2.14. The van der Waals surface area contributed by atoms with Crippen molar-refractivity contribution in [3.8, 4) is 24.2 Å². The molecule has 0 aromatic heterocycles. The molecule has 0 radical (unpaired) electrons. The molecule has 0 spiro atoms. The second-order valence-electron chi connectivity index (χ2n) is 6.27. The quantitative estimate of drug-likeness (QED) is 0.356. The Kier molecular flexibility index (Phi) is 6.19. The topological polar surface area (TPSA) is 62.1 Å². The number of aryl methyl sites for hydroxylation is 1. The third kappa shape index (κ3) is 4.58. The van der Waals surface area contributed by atoms with E-state index in [9.17, 15) is 10.1 Å². The first-order chi connectivity index (χ1) is 14.0. The molecule has 4 nitrogen and oxygen atoms in total. The number of nitriles is 1. The average molecular weight is 401 g/mol. The van der Waals surface area contributed by atoms with Crippen LogP contribution in [-0.2, 0) is 4.79 Å². The fourth-order valence-electron chi connectivity index (χ4n) is 2.88. The van der Waals surface area contributed by atoms with Gasteiger partial charge in [0.1, 0.15) is 24.0 Å². The van der Waals surface area contributed by atoms with Crippen LogP contribution < -0.4 is 10.1 Å². The van der Waals surface area contributed by atoms with Crippen LogP contribution in [0.5, 0.6) is 5.75 Å². The predicted molar refractivity (Wildman–Crippen MR) is 117 cm³/mol. The molecule has 3 aromatic carbocycles. The number of ether oxygens (including phenoxy) is 1. The van der Waals surface area contributed by atoms with Crippen molar-refractivity contribution in [1.82, 2.24) is 0 Å². The summed E-state index contributed by atoms with van der Waals surface area (Å²) < 4.78 is 5.63. The maximum atomic E-state index is 12.8. The third-order valence-corrected chi connectivity index (χ3v) is 4.58. The fourth-order valence-corrected chi connectivity index (χ4v) is 3.05. The summed E-state index contributed by atoms with van der Waals surface area (Å²) in [5, 5.41) is 14.7. The van der Waals surface area contributed by atoms with Crippen LogP contribution in [0.25, 0.3) is 16.8 Å². The Balaban J connectivity index is 2.05. The first-order valence-corrected chi connectivity index (χ1v) is 9.18. The maximum Gasteiger partial charge on any atom is 0.266 e. The zero-order valence-corrected chi connectivity index (χ0v) is 16.5. The van der Waals surface area contributed by atoms with Gasteiger partial charge in [-0.05, 0) is 47.5 Å². The number of terminal acetylenes is 1. The third-order valence-electron chi connectivity index (χ3n) is 4.34. The number of anilines is 1. The van der Waals surface area contributed by atoms with Crippen LogP contribution in [0, 0.1) is 30.6 Å². The molecule has 1 N–H and O–H groups in total. The Bertz CT molecular complexity index is 1200. The van der Waals surface area contributed by atoms with Gasteiger partial charge < -0.3 is 10.1 Å². The molecule has 0 saturated carbocycles. The van der Waals surface area contributed by atoms with Crippen LogP contribution in [-0.4, -0.2) is 12.5 Å². The smallest absolute Gasteiger partial charge is 0.266 e. The predicted octanol–water partition coefficient (Wildman–Crippen LogP) is 5.36. The number of amides is 1. The second-order valence-corrected chi connectivity index (χ2v) is 6.71. The molecule has 3 aromatic rings. The number of carbonyl (C=O) groups is 1. The highest BCUT2D eigenvalue weighted by molar-refractivity contribution is 6.31. The number of hydrogen-bond donors (Lipinski definition) is 1. The van der Waals surface area contributed by atoms with Gasteiger partial charge in [0.05, 0.1) is 0 Å². The van der Waals surface area contributed by atoms with Crippen LogP contribution in [0.3, 0.4) is 0 Å². The molecule has 0 bridgehead atoms. The number of nitrogens with zero attached hydrogens (tertiary/aromatic N) is 1. The van der Waals surface area contributed by atoms with Gasteiger partial charge in [-0.1, -0.05) is 53.9 Å². The van der Waals surface area contributed by atoms with Gasteiger partial charge in [0.25, 0.3) is 5.91 Å². The van der Waals surface area contributed by atoms with E-state index in [-0.39, 0.29) is 12.2 Å². The molecule has 29 heavy (non-hydrogen) atoms. The summed E-state index contributed by atoms with van der Waals surface area (Å²) >= 11 is 6.01. The SMILES string of the molecule is C#CCOc1ccc2ccccc2c1/C=C(\C#N)C(=O)Nc1cc(Cl)ccc1C. The Labute approximate surface area is 174 Å². The van der Waals surface area contributed by atoms with E-state index in [2.05, 4.69) is 11.2 Å². The van der Waals surface area contributed by atoms with E-state index in [1.165, 1.54) is 6.08 Å². The van der Waals surface area contributed by atoms with Gasteiger partial charge >= 0.3 is 0 Å². The van der Waals surface area contributed by atoms with Crippen LogP contribution >= 0.6 is 11.6 Å². The molecule has 0 aliphatic heterocycles. The zero-order chi connectivity index (χ0) is 20.8. The second kappa shape index (κ2) is 8.97. The van der Waals surface area contributed by atoms with Crippen molar-refractivity contribution in [2.75, 3.05) is 11.9 Å². The van der Waals surface area contributed by atoms with Crippen molar-refractivity contribution in [2.24, 2.45) is 0 Å². The van der Waals surface area contributed by atoms with Gasteiger partial charge in [-0.15, -0.1) is 6.42 Å². The summed E-state index contributed by atoms with van der Waals surface area (Å²) in [5.41, 5.74) is 1.94. The van der Waals surface area contributed by atoms with Gasteiger partial charge in [0, 0.05) is 16.3 Å². The molecule has 0 saturated heterocycles. The molecule has 0 aliphatic carbocycles. The van der Waals surface area contributed by atoms with E-state index in [1.807, 2.05) is 43.3 Å². The summed E-state index contributed by atoms with van der Waals surface area (Å²) in [5.74, 6) is 2.39. The molecule has 0 unspecified atom stereocenters. The molecule has 0 fully saturated rings. The summed E-state index contributed by atoms with van der Waals surface area (Å²) in [6.45, 7) is 1.92. The van der Waals surface area contributed by atoms with E-state index in [1.54, 1.807) is 24.3 Å². The molecule has 3 rings (SSSR count). The molecule has 0 aliphatic rings. The van der Waals surface area contributed by atoms with Gasteiger partial charge in [0.2, 0.25) is 0 Å².